The van der Waals surface area contributed by atoms with Crippen molar-refractivity contribution in [3.05, 3.63) is 83.7 Å². The second kappa shape index (κ2) is 16.9. The molecule has 0 unspecified atom stereocenters. The summed E-state index contributed by atoms with van der Waals surface area (Å²) in [4.78, 5) is 70.1. The van der Waals surface area contributed by atoms with Crippen molar-refractivity contribution in [2.24, 2.45) is 11.8 Å². The van der Waals surface area contributed by atoms with Crippen LogP contribution in [0.2, 0.25) is 0 Å². The van der Waals surface area contributed by atoms with Gasteiger partial charge in [-0.3, -0.25) is 9.59 Å². The first kappa shape index (κ1) is 38.6. The fraction of sp³-hybridized carbons (Fsp3) is 0.415. The van der Waals surface area contributed by atoms with Crippen LogP contribution in [0.1, 0.15) is 88.2 Å². The largest absolute Gasteiger partial charge is 0.465 e. The number of amides is 4. The molecule has 55 heavy (non-hydrogen) atoms. The lowest BCUT2D eigenvalue weighted by Gasteiger charge is -2.29. The maximum atomic E-state index is 13.6. The van der Waals surface area contributed by atoms with Crippen molar-refractivity contribution < 1.29 is 29.0 Å². The highest BCUT2D eigenvalue weighted by Gasteiger charge is 2.39. The molecule has 5 N–H and O–H groups in total. The molecular weight excluding hydrogens is 701 g/mol. The number of aromatic amines is 2. The highest BCUT2D eigenvalue weighted by atomic mass is 16.5. The average Bonchev–Trinajstić information content (AvgIpc) is 4.01. The Morgan fingerprint density at radius 1 is 0.764 bits per heavy atom. The minimum atomic E-state index is -1.22. The first-order valence-corrected chi connectivity index (χ1v) is 18.7. The van der Waals surface area contributed by atoms with Crippen LogP contribution in [-0.2, 0) is 14.3 Å². The van der Waals surface area contributed by atoms with Crippen LogP contribution >= 0.6 is 0 Å². The van der Waals surface area contributed by atoms with Gasteiger partial charge in [-0.05, 0) is 61.8 Å². The molecule has 4 heterocycles. The van der Waals surface area contributed by atoms with Gasteiger partial charge in [-0.1, -0.05) is 63.8 Å². The van der Waals surface area contributed by atoms with Gasteiger partial charge in [0.2, 0.25) is 11.8 Å². The van der Waals surface area contributed by atoms with E-state index in [-0.39, 0.29) is 35.7 Å². The monoisotopic (exact) mass is 748 g/mol. The molecule has 2 aliphatic heterocycles. The summed E-state index contributed by atoms with van der Waals surface area (Å²) in [6.07, 6.45) is 4.92. The topological polar surface area (TPSA) is 186 Å². The van der Waals surface area contributed by atoms with Crippen molar-refractivity contribution in [1.82, 2.24) is 40.4 Å². The molecule has 2 aromatic carbocycles. The number of nitrogens with one attached hydrogen (secondary N) is 4. The van der Waals surface area contributed by atoms with Crippen molar-refractivity contribution >= 4 is 24.0 Å². The molecule has 0 spiro atoms. The molecule has 0 saturated carbocycles. The predicted octanol–water partition coefficient (Wildman–Crippen LogP) is 5.87. The van der Waals surface area contributed by atoms with Gasteiger partial charge in [0.25, 0.3) is 0 Å². The standard InChI is InChI=1S/C41H48N8O6/c1-24(2)34(46-40(52)53)38(50)48-18-8-14-32(48)36-42-22-30(44-36)28-12-6-10-26(20-28)16-17-27-11-7-13-29(21-27)31-23-43-37(45-31)33-15-9-19-49(33)39(51)35(25(3)4)47-41(54)55-5/h6-7,10-13,20-25,32-35,46H,8-9,14-15,18-19H2,1-5H3,(H,42,44)(H,43,45)(H,47,54)(H,52,53)/t32-,33-,34-,35-/m0/s1. The average molecular weight is 749 g/mol. The lowest BCUT2D eigenvalue weighted by molar-refractivity contribution is -0.136. The van der Waals surface area contributed by atoms with E-state index in [1.165, 1.54) is 7.11 Å². The molecule has 4 aromatic rings. The minimum absolute atomic E-state index is 0.119. The summed E-state index contributed by atoms with van der Waals surface area (Å²) < 4.78 is 4.75. The van der Waals surface area contributed by atoms with Crippen LogP contribution in [0.15, 0.2) is 60.9 Å². The van der Waals surface area contributed by atoms with Crippen molar-refractivity contribution in [3.8, 4) is 34.4 Å². The van der Waals surface area contributed by atoms with Gasteiger partial charge in [0.1, 0.15) is 23.7 Å². The number of aromatic nitrogens is 4. The Morgan fingerprint density at radius 3 is 1.64 bits per heavy atom. The summed E-state index contributed by atoms with van der Waals surface area (Å²) in [6, 6.07) is 13.6. The summed E-state index contributed by atoms with van der Waals surface area (Å²) in [7, 11) is 1.28. The molecule has 14 heteroatoms. The van der Waals surface area contributed by atoms with Crippen LogP contribution < -0.4 is 10.6 Å². The molecular formula is C41H48N8O6. The molecule has 2 fully saturated rings. The van der Waals surface area contributed by atoms with Crippen molar-refractivity contribution in [3.63, 3.8) is 0 Å². The highest BCUT2D eigenvalue weighted by molar-refractivity contribution is 5.87. The van der Waals surface area contributed by atoms with Gasteiger partial charge in [-0.2, -0.15) is 0 Å². The number of imidazole rings is 2. The number of H-pyrrole nitrogens is 2. The Labute approximate surface area is 320 Å². The summed E-state index contributed by atoms with van der Waals surface area (Å²) in [6.45, 7) is 8.54. The molecule has 4 amide bonds. The van der Waals surface area contributed by atoms with E-state index in [1.54, 1.807) is 9.80 Å². The maximum absolute atomic E-state index is 13.6. The number of hydrogen-bond acceptors (Lipinski definition) is 7. The molecule has 0 bridgehead atoms. The van der Waals surface area contributed by atoms with E-state index in [2.05, 4.69) is 32.4 Å². The number of ether oxygens (including phenoxy) is 1. The van der Waals surface area contributed by atoms with E-state index in [0.717, 1.165) is 59.3 Å². The van der Waals surface area contributed by atoms with Gasteiger partial charge >= 0.3 is 12.2 Å². The Hall–Kier alpha value is -6.10. The first-order chi connectivity index (χ1) is 26.4. The second-order valence-corrected chi connectivity index (χ2v) is 14.7. The fourth-order valence-electron chi connectivity index (χ4n) is 7.30. The van der Waals surface area contributed by atoms with Crippen LogP contribution in [0.5, 0.6) is 0 Å². The molecule has 4 atom stereocenters. The van der Waals surface area contributed by atoms with Gasteiger partial charge in [0, 0.05) is 47.7 Å². The van der Waals surface area contributed by atoms with Gasteiger partial charge in [0.05, 0.1) is 30.6 Å². The van der Waals surface area contributed by atoms with E-state index in [4.69, 9.17) is 14.7 Å². The number of alkyl carbamates (subject to hydrolysis) is 1. The molecule has 0 aliphatic carbocycles. The van der Waals surface area contributed by atoms with Crippen LogP contribution in [0.3, 0.4) is 0 Å². The van der Waals surface area contributed by atoms with Gasteiger partial charge < -0.3 is 40.2 Å². The number of carbonyl (C=O) groups excluding carboxylic acids is 3. The molecule has 2 aromatic heterocycles. The van der Waals surface area contributed by atoms with E-state index in [0.29, 0.717) is 24.7 Å². The summed E-state index contributed by atoms with van der Waals surface area (Å²) in [5.74, 6) is 7.18. The first-order valence-electron chi connectivity index (χ1n) is 18.7. The quantitative estimate of drug-likeness (QED) is 0.125. The van der Waals surface area contributed by atoms with Crippen LogP contribution in [0, 0.1) is 23.7 Å². The van der Waals surface area contributed by atoms with Crippen molar-refractivity contribution in [2.75, 3.05) is 20.2 Å². The minimum Gasteiger partial charge on any atom is -0.465 e. The zero-order chi connectivity index (χ0) is 39.2. The van der Waals surface area contributed by atoms with E-state index in [9.17, 15) is 24.3 Å². The maximum Gasteiger partial charge on any atom is 0.407 e. The Bertz CT molecular complexity index is 2090. The van der Waals surface area contributed by atoms with Gasteiger partial charge in [-0.25, -0.2) is 19.6 Å². The Kier molecular flexibility index (Phi) is 11.9. The van der Waals surface area contributed by atoms with Crippen molar-refractivity contribution in [2.45, 2.75) is 77.5 Å². The van der Waals surface area contributed by atoms with Gasteiger partial charge in [-0.15, -0.1) is 0 Å². The van der Waals surface area contributed by atoms with E-state index < -0.39 is 24.3 Å². The van der Waals surface area contributed by atoms with Gasteiger partial charge in [0.15, 0.2) is 0 Å². The molecule has 288 valence electrons. The molecule has 14 nitrogen and oxygen atoms in total. The van der Waals surface area contributed by atoms with Crippen LogP contribution in [0.4, 0.5) is 9.59 Å². The third kappa shape index (κ3) is 8.83. The lowest BCUT2D eigenvalue weighted by Crippen LogP contribution is -2.51. The fourth-order valence-corrected chi connectivity index (χ4v) is 7.30. The predicted molar refractivity (Wildman–Crippen MR) is 205 cm³/mol. The van der Waals surface area contributed by atoms with Crippen molar-refractivity contribution in [1.29, 1.82) is 0 Å². The number of rotatable bonds is 10. The van der Waals surface area contributed by atoms with E-state index in [1.807, 2.05) is 88.6 Å². The molecule has 2 saturated heterocycles. The number of benzene rings is 2. The summed E-state index contributed by atoms with van der Waals surface area (Å²) in [5.41, 5.74) is 4.83. The molecule has 6 rings (SSSR count). The van der Waals surface area contributed by atoms with Crippen LogP contribution in [-0.4, -0.2) is 91.1 Å². The lowest BCUT2D eigenvalue weighted by atomic mass is 10.0. The zero-order valence-corrected chi connectivity index (χ0v) is 31.8. The number of carboxylic acid groups (broad SMARTS) is 1. The summed E-state index contributed by atoms with van der Waals surface area (Å²) in [5, 5.41) is 14.4. The smallest absolute Gasteiger partial charge is 0.407 e. The number of nitrogens with zero attached hydrogens (tertiary/aromatic N) is 4. The number of hydrogen-bond donors (Lipinski definition) is 5. The number of likely N-dealkylation sites (tertiary alicyclic amines) is 2. The third-order valence-electron chi connectivity index (χ3n) is 10.2. The zero-order valence-electron chi connectivity index (χ0n) is 31.8. The van der Waals surface area contributed by atoms with Crippen LogP contribution in [0.25, 0.3) is 22.5 Å². The Morgan fingerprint density at radius 2 is 1.22 bits per heavy atom. The number of methoxy groups -OCH3 is 1. The Balaban J connectivity index is 1.14. The highest BCUT2D eigenvalue weighted by Crippen LogP contribution is 2.34. The SMILES string of the molecule is COC(=O)N[C@H](C(=O)N1CCC[C@H]1c1nc(-c2cccc(C#Cc3cccc(-c4c[nH]c([C@@H]5CCCN5C(=O)[C@@H](NC(=O)O)C(C)C)n4)c3)c2)c[nH]1)C(C)C. The second-order valence-electron chi connectivity index (χ2n) is 14.7. The summed E-state index contributed by atoms with van der Waals surface area (Å²) >= 11 is 0. The third-order valence-corrected chi connectivity index (χ3v) is 10.2. The normalized spacial score (nSPS) is 17.8. The molecule has 2 aliphatic rings. The van der Waals surface area contributed by atoms with E-state index >= 15 is 0 Å². The molecule has 0 radical (unpaired) electrons. The number of carbonyl (C=O) groups is 4.